The second-order valence-electron chi connectivity index (χ2n) is 10.1. The number of rotatable bonds is 5. The molecule has 2 unspecified atom stereocenters. The standard InChI is InChI=1S/C25H33BrF2N4O4S/c1-16-19(26)15-29-21(32-12-7-10-25(27,28)11-13-32)20(16)22(33)30-17-8-6-9-18(14-17)37(5,35)31-23(34)36-24(2,3)4/h6,8-9,14-15,22,30,33H,7,10-13H2,1-5H3. The van der Waals surface area contributed by atoms with Gasteiger partial charge in [-0.05, 0) is 73.8 Å². The number of aliphatic hydroxyl groups excluding tert-OH is 1. The summed E-state index contributed by atoms with van der Waals surface area (Å²) in [5, 5.41) is 14.2. The molecule has 1 aliphatic heterocycles. The van der Waals surface area contributed by atoms with E-state index < -0.39 is 33.6 Å². The average Bonchev–Trinajstić information content (AvgIpc) is 2.94. The van der Waals surface area contributed by atoms with E-state index in [1.807, 2.05) is 0 Å². The number of aromatic nitrogens is 1. The van der Waals surface area contributed by atoms with Gasteiger partial charge in [-0.15, -0.1) is 4.36 Å². The summed E-state index contributed by atoms with van der Waals surface area (Å²) in [7, 11) is -3.13. The fraction of sp³-hybridized carbons (Fsp3) is 0.520. The molecule has 2 N–H and O–H groups in total. The number of benzene rings is 1. The average molecular weight is 604 g/mol. The van der Waals surface area contributed by atoms with E-state index in [4.69, 9.17) is 4.74 Å². The van der Waals surface area contributed by atoms with Crippen molar-refractivity contribution in [3.63, 3.8) is 0 Å². The first-order chi connectivity index (χ1) is 17.1. The Morgan fingerprint density at radius 1 is 1.32 bits per heavy atom. The molecule has 1 aliphatic rings. The van der Waals surface area contributed by atoms with Gasteiger partial charge in [-0.1, -0.05) is 6.07 Å². The maximum absolute atomic E-state index is 14.0. The molecule has 0 aliphatic carbocycles. The Hall–Kier alpha value is -2.31. The number of alkyl halides is 2. The van der Waals surface area contributed by atoms with Crippen LogP contribution in [0.2, 0.25) is 0 Å². The van der Waals surface area contributed by atoms with Crippen LogP contribution in [0.3, 0.4) is 0 Å². The highest BCUT2D eigenvalue weighted by molar-refractivity contribution is 9.10. The molecule has 2 aromatic rings. The summed E-state index contributed by atoms with van der Waals surface area (Å²) >= 11 is 3.44. The third kappa shape index (κ3) is 7.84. The Kier molecular flexibility index (Phi) is 8.86. The number of aliphatic hydroxyl groups is 1. The number of nitrogens with zero attached hydrogens (tertiary/aromatic N) is 3. The third-order valence-electron chi connectivity index (χ3n) is 5.81. The van der Waals surface area contributed by atoms with E-state index in [2.05, 4.69) is 30.6 Å². The third-order valence-corrected chi connectivity index (χ3v) is 8.24. The lowest BCUT2D eigenvalue weighted by atomic mass is 10.1. The molecule has 0 bridgehead atoms. The van der Waals surface area contributed by atoms with Crippen molar-refractivity contribution in [2.75, 3.05) is 29.6 Å². The monoisotopic (exact) mass is 602 g/mol. The summed E-state index contributed by atoms with van der Waals surface area (Å²) in [6.45, 7) is 7.37. The summed E-state index contributed by atoms with van der Waals surface area (Å²) in [4.78, 5) is 18.6. The van der Waals surface area contributed by atoms with Gasteiger partial charge in [0.1, 0.15) is 11.4 Å². The summed E-state index contributed by atoms with van der Waals surface area (Å²) in [6, 6.07) is 6.40. The minimum atomic E-state index is -3.13. The number of amides is 1. The van der Waals surface area contributed by atoms with E-state index >= 15 is 0 Å². The summed E-state index contributed by atoms with van der Waals surface area (Å²) in [5.41, 5.74) is 0.796. The first-order valence-electron chi connectivity index (χ1n) is 11.9. The van der Waals surface area contributed by atoms with Crippen LogP contribution in [0.5, 0.6) is 0 Å². The lowest BCUT2D eigenvalue weighted by Crippen LogP contribution is -2.29. The van der Waals surface area contributed by atoms with Crippen LogP contribution in [0.15, 0.2) is 44.2 Å². The quantitative estimate of drug-likeness (QED) is 0.388. The maximum atomic E-state index is 14.0. The van der Waals surface area contributed by atoms with Gasteiger partial charge in [-0.25, -0.2) is 22.8 Å². The van der Waals surface area contributed by atoms with Crippen LogP contribution < -0.4 is 10.2 Å². The topological polar surface area (TPSA) is 104 Å². The maximum Gasteiger partial charge on any atom is 0.442 e. The van der Waals surface area contributed by atoms with Gasteiger partial charge in [-0.3, -0.25) is 0 Å². The number of pyridine rings is 1. The molecule has 3 rings (SSSR count). The van der Waals surface area contributed by atoms with Gasteiger partial charge >= 0.3 is 6.09 Å². The van der Waals surface area contributed by atoms with E-state index in [0.717, 1.165) is 0 Å². The van der Waals surface area contributed by atoms with Crippen LogP contribution in [0.1, 0.15) is 57.4 Å². The number of carbonyl (C=O) groups excluding carboxylic acids is 1. The van der Waals surface area contributed by atoms with Crippen molar-refractivity contribution >= 4 is 43.3 Å². The molecule has 1 amide bonds. The molecular weight excluding hydrogens is 570 g/mol. The summed E-state index contributed by atoms with van der Waals surface area (Å²) in [5.74, 6) is -2.30. The van der Waals surface area contributed by atoms with Gasteiger partial charge in [0.15, 0.2) is 6.23 Å². The zero-order chi connectivity index (χ0) is 27.6. The highest BCUT2D eigenvalue weighted by Gasteiger charge is 2.33. The van der Waals surface area contributed by atoms with E-state index in [1.165, 1.54) is 12.3 Å². The van der Waals surface area contributed by atoms with Gasteiger partial charge in [0, 0.05) is 59.0 Å². The van der Waals surface area contributed by atoms with Gasteiger partial charge in [0.2, 0.25) is 5.92 Å². The first-order valence-corrected chi connectivity index (χ1v) is 14.6. The Morgan fingerprint density at radius 2 is 2.03 bits per heavy atom. The fourth-order valence-corrected chi connectivity index (χ4v) is 5.38. The van der Waals surface area contributed by atoms with Crippen molar-refractivity contribution in [1.29, 1.82) is 0 Å². The minimum Gasteiger partial charge on any atom is -0.442 e. The molecule has 2 atom stereocenters. The van der Waals surface area contributed by atoms with Gasteiger partial charge < -0.3 is 20.1 Å². The van der Waals surface area contributed by atoms with Crippen LogP contribution in [0.25, 0.3) is 0 Å². The van der Waals surface area contributed by atoms with Crippen molar-refractivity contribution in [2.24, 2.45) is 4.36 Å². The van der Waals surface area contributed by atoms with Crippen LogP contribution in [-0.2, 0) is 14.5 Å². The second kappa shape index (κ2) is 11.2. The van der Waals surface area contributed by atoms with Crippen molar-refractivity contribution in [1.82, 2.24) is 4.98 Å². The predicted molar refractivity (Wildman–Crippen MR) is 144 cm³/mol. The Labute approximate surface area is 225 Å². The number of halogens is 3. The number of anilines is 2. The smallest absolute Gasteiger partial charge is 0.442 e. The molecule has 1 aromatic carbocycles. The molecule has 0 spiro atoms. The van der Waals surface area contributed by atoms with Gasteiger partial charge in [0.05, 0.1) is 9.73 Å². The molecule has 2 heterocycles. The van der Waals surface area contributed by atoms with E-state index in [-0.39, 0.29) is 24.3 Å². The van der Waals surface area contributed by atoms with E-state index in [1.54, 1.807) is 57.0 Å². The number of ether oxygens (including phenoxy) is 1. The van der Waals surface area contributed by atoms with Crippen molar-refractivity contribution in [3.8, 4) is 0 Å². The second-order valence-corrected chi connectivity index (χ2v) is 13.2. The normalized spacial score (nSPS) is 18.4. The Morgan fingerprint density at radius 3 is 2.70 bits per heavy atom. The number of nitrogens with one attached hydrogen (secondary N) is 1. The number of hydrogen-bond acceptors (Lipinski definition) is 7. The molecule has 1 saturated heterocycles. The molecule has 1 aromatic heterocycles. The lowest BCUT2D eigenvalue weighted by molar-refractivity contribution is -0.0102. The number of carbonyl (C=O) groups is 1. The summed E-state index contributed by atoms with van der Waals surface area (Å²) in [6.07, 6.45) is 0.571. The molecule has 37 heavy (non-hydrogen) atoms. The van der Waals surface area contributed by atoms with E-state index in [9.17, 15) is 22.9 Å². The Bertz CT molecular complexity index is 1280. The molecule has 204 valence electrons. The highest BCUT2D eigenvalue weighted by atomic mass is 79.9. The van der Waals surface area contributed by atoms with E-state index in [0.29, 0.717) is 40.1 Å². The first kappa shape index (κ1) is 29.2. The van der Waals surface area contributed by atoms with Crippen LogP contribution in [0.4, 0.5) is 25.1 Å². The predicted octanol–water partition coefficient (Wildman–Crippen LogP) is 6.27. The van der Waals surface area contributed by atoms with Crippen LogP contribution in [-0.4, -0.2) is 51.3 Å². The van der Waals surface area contributed by atoms with Crippen LogP contribution in [0, 0.1) is 6.92 Å². The van der Waals surface area contributed by atoms with Crippen molar-refractivity contribution in [2.45, 2.75) is 69.6 Å². The zero-order valence-corrected chi connectivity index (χ0v) is 24.0. The minimum absolute atomic E-state index is 0.111. The molecule has 12 heteroatoms. The van der Waals surface area contributed by atoms with Gasteiger partial charge in [-0.2, -0.15) is 0 Å². The summed E-state index contributed by atoms with van der Waals surface area (Å²) < 4.78 is 50.7. The van der Waals surface area contributed by atoms with Crippen molar-refractivity contribution in [3.05, 3.63) is 46.1 Å². The number of hydrogen-bond donors (Lipinski definition) is 2. The zero-order valence-electron chi connectivity index (χ0n) is 21.6. The Balaban J connectivity index is 1.90. The molecule has 1 fully saturated rings. The fourth-order valence-electron chi connectivity index (χ4n) is 3.96. The highest BCUT2D eigenvalue weighted by Crippen LogP contribution is 2.36. The van der Waals surface area contributed by atoms with Crippen molar-refractivity contribution < 1.29 is 27.6 Å². The molecular formula is C25H33BrF2N4O4S. The SMILES string of the molecule is Cc1c(Br)cnc(N2CCCC(F)(F)CC2)c1C(O)Nc1cccc(S(C)(=O)=NC(=O)OC(C)(C)C)c1. The van der Waals surface area contributed by atoms with Gasteiger partial charge in [0.25, 0.3) is 0 Å². The largest absolute Gasteiger partial charge is 0.442 e. The molecule has 8 nitrogen and oxygen atoms in total. The molecule has 0 radical (unpaired) electrons. The van der Waals surface area contributed by atoms with Crippen LogP contribution >= 0.6 is 15.9 Å². The lowest BCUT2D eigenvalue weighted by Gasteiger charge is -2.28. The molecule has 0 saturated carbocycles.